The summed E-state index contributed by atoms with van der Waals surface area (Å²) in [5, 5.41) is 28.4. The zero-order chi connectivity index (χ0) is 15.8. The number of benzene rings is 1. The lowest BCUT2D eigenvalue weighted by Crippen LogP contribution is -2.12. The molecular formula is C16H20N2O3. The van der Waals surface area contributed by atoms with Crippen molar-refractivity contribution in [2.24, 2.45) is 5.73 Å². The summed E-state index contributed by atoms with van der Waals surface area (Å²) in [5.41, 5.74) is 5.80. The van der Waals surface area contributed by atoms with E-state index < -0.39 is 5.91 Å². The number of unbranched alkanes of at least 4 members (excludes halogenated alkanes) is 3. The summed E-state index contributed by atoms with van der Waals surface area (Å²) in [6.45, 7) is 2.12. The molecule has 0 aliphatic carbocycles. The molecule has 5 heteroatoms. The van der Waals surface area contributed by atoms with Crippen LogP contribution in [0.4, 0.5) is 0 Å². The lowest BCUT2D eigenvalue weighted by atomic mass is 10.0. The number of hydrogen-bond acceptors (Lipinski definition) is 4. The van der Waals surface area contributed by atoms with Crippen molar-refractivity contribution in [2.45, 2.75) is 39.0 Å². The fourth-order valence-corrected chi connectivity index (χ4v) is 2.01. The van der Waals surface area contributed by atoms with Gasteiger partial charge in [-0.1, -0.05) is 26.2 Å². The fraction of sp³-hybridized carbons (Fsp3) is 0.375. The highest BCUT2D eigenvalue weighted by atomic mass is 16.3. The summed E-state index contributed by atoms with van der Waals surface area (Å²) < 4.78 is 0. The van der Waals surface area contributed by atoms with E-state index in [2.05, 4.69) is 6.92 Å². The maximum Gasteiger partial charge on any atom is 0.259 e. The van der Waals surface area contributed by atoms with E-state index in [4.69, 9.17) is 11.0 Å². The van der Waals surface area contributed by atoms with Crippen LogP contribution in [0, 0.1) is 11.3 Å². The van der Waals surface area contributed by atoms with Crippen molar-refractivity contribution in [1.29, 1.82) is 5.26 Å². The second-order valence-corrected chi connectivity index (χ2v) is 4.88. The van der Waals surface area contributed by atoms with Gasteiger partial charge in [-0.2, -0.15) is 5.26 Å². The second kappa shape index (κ2) is 7.95. The summed E-state index contributed by atoms with van der Waals surface area (Å²) in [6, 6.07) is 4.48. The molecule has 112 valence electrons. The average Bonchev–Trinajstić information content (AvgIpc) is 2.44. The number of aryl methyl sites for hydroxylation is 1. The molecule has 1 aromatic rings. The molecule has 21 heavy (non-hydrogen) atoms. The topological polar surface area (TPSA) is 107 Å². The van der Waals surface area contributed by atoms with E-state index in [9.17, 15) is 15.0 Å². The van der Waals surface area contributed by atoms with E-state index in [0.717, 1.165) is 25.7 Å². The molecule has 0 heterocycles. The Hall–Kier alpha value is -2.48. The van der Waals surface area contributed by atoms with Crippen LogP contribution >= 0.6 is 0 Å². The van der Waals surface area contributed by atoms with Gasteiger partial charge in [-0.15, -0.1) is 0 Å². The van der Waals surface area contributed by atoms with Gasteiger partial charge in [0.15, 0.2) is 0 Å². The third-order valence-electron chi connectivity index (χ3n) is 3.21. The third kappa shape index (κ3) is 4.84. The number of carbonyl (C=O) groups excluding carboxylic acids is 1. The first-order valence-electron chi connectivity index (χ1n) is 6.96. The van der Waals surface area contributed by atoms with Crippen LogP contribution < -0.4 is 5.73 Å². The molecule has 1 amide bonds. The van der Waals surface area contributed by atoms with Crippen LogP contribution in [-0.4, -0.2) is 16.1 Å². The molecular weight excluding hydrogens is 268 g/mol. The molecule has 4 N–H and O–H groups in total. The number of nitrogens with two attached hydrogens (primary N) is 1. The molecule has 0 radical (unpaired) electrons. The van der Waals surface area contributed by atoms with Gasteiger partial charge >= 0.3 is 0 Å². The minimum Gasteiger partial charge on any atom is -0.508 e. The number of carbonyl (C=O) groups is 1. The smallest absolute Gasteiger partial charge is 0.259 e. The molecule has 0 unspecified atom stereocenters. The van der Waals surface area contributed by atoms with Gasteiger partial charge < -0.3 is 15.9 Å². The number of primary amides is 1. The van der Waals surface area contributed by atoms with Crippen LogP contribution in [0.25, 0.3) is 6.08 Å². The predicted octanol–water partition coefficient (Wildman–Crippen LogP) is 2.61. The summed E-state index contributed by atoms with van der Waals surface area (Å²) >= 11 is 0. The number of nitriles is 1. The molecule has 0 aliphatic heterocycles. The van der Waals surface area contributed by atoms with Crippen molar-refractivity contribution in [3.05, 3.63) is 28.8 Å². The third-order valence-corrected chi connectivity index (χ3v) is 3.21. The normalized spacial score (nSPS) is 11.1. The Morgan fingerprint density at radius 3 is 2.57 bits per heavy atom. The van der Waals surface area contributed by atoms with E-state index in [1.54, 1.807) is 12.1 Å². The van der Waals surface area contributed by atoms with Gasteiger partial charge in [-0.05, 0) is 30.5 Å². The first-order chi connectivity index (χ1) is 9.99. The van der Waals surface area contributed by atoms with E-state index >= 15 is 0 Å². The Morgan fingerprint density at radius 2 is 2.00 bits per heavy atom. The van der Waals surface area contributed by atoms with Gasteiger partial charge in [0, 0.05) is 11.6 Å². The molecule has 0 bridgehead atoms. The number of phenolic OH excluding ortho intramolecular Hbond substituents is 2. The molecule has 0 saturated carbocycles. The predicted molar refractivity (Wildman–Crippen MR) is 80.4 cm³/mol. The number of amides is 1. The summed E-state index contributed by atoms with van der Waals surface area (Å²) in [4.78, 5) is 11.0. The summed E-state index contributed by atoms with van der Waals surface area (Å²) in [5.74, 6) is -1.04. The van der Waals surface area contributed by atoms with Crippen LogP contribution in [0.15, 0.2) is 17.7 Å². The SMILES string of the molecule is CCCCCCc1cc(/C=C(\C#N)C(N)=O)c(O)cc1O. The number of hydrogen-bond donors (Lipinski definition) is 3. The Kier molecular flexibility index (Phi) is 6.28. The Balaban J connectivity index is 3.01. The second-order valence-electron chi connectivity index (χ2n) is 4.88. The van der Waals surface area contributed by atoms with Crippen molar-refractivity contribution < 1.29 is 15.0 Å². The average molecular weight is 288 g/mol. The first kappa shape index (κ1) is 16.6. The lowest BCUT2D eigenvalue weighted by Gasteiger charge is -2.08. The van der Waals surface area contributed by atoms with Crippen LogP contribution in [0.5, 0.6) is 11.5 Å². The highest BCUT2D eigenvalue weighted by molar-refractivity contribution is 6.00. The molecule has 5 nitrogen and oxygen atoms in total. The van der Waals surface area contributed by atoms with Crippen molar-refractivity contribution in [3.63, 3.8) is 0 Å². The zero-order valence-corrected chi connectivity index (χ0v) is 12.1. The molecule has 1 rings (SSSR count). The van der Waals surface area contributed by atoms with E-state index in [1.165, 1.54) is 12.1 Å². The Labute approximate surface area is 124 Å². The van der Waals surface area contributed by atoms with Crippen LogP contribution in [0.2, 0.25) is 0 Å². The number of aromatic hydroxyl groups is 2. The van der Waals surface area contributed by atoms with E-state index in [0.29, 0.717) is 17.5 Å². The lowest BCUT2D eigenvalue weighted by molar-refractivity contribution is -0.114. The van der Waals surface area contributed by atoms with Gasteiger partial charge in [0.2, 0.25) is 0 Å². The van der Waals surface area contributed by atoms with Gasteiger partial charge in [0.1, 0.15) is 23.1 Å². The largest absolute Gasteiger partial charge is 0.508 e. The van der Waals surface area contributed by atoms with Gasteiger partial charge in [0.25, 0.3) is 5.91 Å². The molecule has 0 saturated heterocycles. The van der Waals surface area contributed by atoms with Crippen molar-refractivity contribution >= 4 is 12.0 Å². The van der Waals surface area contributed by atoms with E-state index in [1.807, 2.05) is 0 Å². The van der Waals surface area contributed by atoms with E-state index in [-0.39, 0.29) is 17.1 Å². The quantitative estimate of drug-likeness (QED) is 0.407. The molecule has 1 aromatic carbocycles. The molecule has 0 aromatic heterocycles. The van der Waals surface area contributed by atoms with Gasteiger partial charge in [0.05, 0.1) is 0 Å². The maximum absolute atomic E-state index is 11.0. The van der Waals surface area contributed by atoms with Gasteiger partial charge in [-0.3, -0.25) is 4.79 Å². The highest BCUT2D eigenvalue weighted by Gasteiger charge is 2.10. The van der Waals surface area contributed by atoms with Crippen molar-refractivity contribution in [1.82, 2.24) is 0 Å². The zero-order valence-electron chi connectivity index (χ0n) is 12.1. The molecule has 0 spiro atoms. The monoisotopic (exact) mass is 288 g/mol. The maximum atomic E-state index is 11.0. The highest BCUT2D eigenvalue weighted by Crippen LogP contribution is 2.30. The number of nitrogens with zero attached hydrogens (tertiary/aromatic N) is 1. The first-order valence-corrected chi connectivity index (χ1v) is 6.96. The van der Waals surface area contributed by atoms with Crippen LogP contribution in [-0.2, 0) is 11.2 Å². The Morgan fingerprint density at radius 1 is 1.29 bits per heavy atom. The number of phenols is 2. The summed E-state index contributed by atoms with van der Waals surface area (Å²) in [6.07, 6.45) is 6.15. The Bertz CT molecular complexity index is 586. The minimum atomic E-state index is -0.852. The number of rotatable bonds is 7. The molecule has 0 aliphatic rings. The van der Waals surface area contributed by atoms with Gasteiger partial charge in [-0.25, -0.2) is 0 Å². The molecule has 0 atom stereocenters. The summed E-state index contributed by atoms with van der Waals surface area (Å²) in [7, 11) is 0. The van der Waals surface area contributed by atoms with Crippen LogP contribution in [0.3, 0.4) is 0 Å². The van der Waals surface area contributed by atoms with Crippen molar-refractivity contribution in [3.8, 4) is 17.6 Å². The minimum absolute atomic E-state index is 0.0127. The molecule has 0 fully saturated rings. The fourth-order valence-electron chi connectivity index (χ4n) is 2.01. The standard InChI is InChI=1S/C16H20N2O3/c1-2-3-4-5-6-11-7-12(15(20)9-14(11)19)8-13(10-17)16(18)21/h7-9,19-20H,2-6H2,1H3,(H2,18,21)/b13-8+. The van der Waals surface area contributed by atoms with Crippen LogP contribution in [0.1, 0.15) is 43.7 Å². The van der Waals surface area contributed by atoms with Crippen molar-refractivity contribution in [2.75, 3.05) is 0 Å².